The Morgan fingerprint density at radius 2 is 2.06 bits per heavy atom. The number of hydrogen-bond acceptors (Lipinski definition) is 6. The second kappa shape index (κ2) is 9.27. The number of hydrazine groups is 1. The van der Waals surface area contributed by atoms with Gasteiger partial charge in [-0.15, -0.1) is 11.3 Å². The van der Waals surface area contributed by atoms with Gasteiger partial charge >= 0.3 is 0 Å². The minimum atomic E-state index is -0.0985. The fourth-order valence-electron chi connectivity index (χ4n) is 4.67. The van der Waals surface area contributed by atoms with Crippen LogP contribution in [-0.2, 0) is 24.7 Å². The molecule has 0 aromatic carbocycles. The van der Waals surface area contributed by atoms with Crippen molar-refractivity contribution in [3.05, 3.63) is 27.8 Å². The van der Waals surface area contributed by atoms with E-state index in [1.54, 1.807) is 16.0 Å². The van der Waals surface area contributed by atoms with Gasteiger partial charge in [0.15, 0.2) is 5.11 Å². The maximum absolute atomic E-state index is 13.4. The molecule has 1 atom stereocenters. The lowest BCUT2D eigenvalue weighted by molar-refractivity contribution is -0.117. The molecule has 5 N–H and O–H groups in total. The van der Waals surface area contributed by atoms with Crippen LogP contribution in [-0.4, -0.2) is 39.3 Å². The highest BCUT2D eigenvalue weighted by atomic mass is 32.1. The number of aromatic nitrogens is 2. The fraction of sp³-hybridized carbons (Fsp3) is 0.565. The molecule has 3 aliphatic carbocycles. The third-order valence-corrected chi connectivity index (χ3v) is 8.35. The van der Waals surface area contributed by atoms with Crippen LogP contribution < -0.4 is 26.8 Å². The first-order valence-electron chi connectivity index (χ1n) is 11.9. The van der Waals surface area contributed by atoms with Crippen LogP contribution in [0.5, 0.6) is 0 Å². The van der Waals surface area contributed by atoms with E-state index in [2.05, 4.69) is 21.2 Å². The van der Waals surface area contributed by atoms with Crippen LogP contribution in [0.15, 0.2) is 6.07 Å². The van der Waals surface area contributed by atoms with Gasteiger partial charge in [0.05, 0.1) is 11.3 Å². The molecule has 0 radical (unpaired) electrons. The van der Waals surface area contributed by atoms with Gasteiger partial charge in [-0.2, -0.15) is 5.10 Å². The van der Waals surface area contributed by atoms with Crippen molar-refractivity contribution in [1.82, 2.24) is 20.5 Å². The van der Waals surface area contributed by atoms with Crippen molar-refractivity contribution in [3.63, 3.8) is 0 Å². The quantitative estimate of drug-likeness (QED) is 0.261. The first-order chi connectivity index (χ1) is 16.4. The zero-order valence-corrected chi connectivity index (χ0v) is 21.2. The van der Waals surface area contributed by atoms with Crippen molar-refractivity contribution in [2.24, 2.45) is 24.7 Å². The molecular weight excluding hydrogens is 470 g/mol. The number of carbonyl (C=O) groups excluding carboxylic acids is 2. The fourth-order valence-corrected chi connectivity index (χ4v) is 6.16. The number of aryl methyl sites for hydroxylation is 3. The van der Waals surface area contributed by atoms with Crippen LogP contribution in [0.1, 0.15) is 58.6 Å². The van der Waals surface area contributed by atoms with Gasteiger partial charge < -0.3 is 16.1 Å². The van der Waals surface area contributed by atoms with Crippen LogP contribution >= 0.6 is 23.6 Å². The predicted octanol–water partition coefficient (Wildman–Crippen LogP) is 2.39. The first-order valence-corrected chi connectivity index (χ1v) is 13.1. The maximum Gasteiger partial charge on any atom is 0.254 e. The topological polar surface area (TPSA) is 117 Å². The Bertz CT molecular complexity index is 1130. The third-order valence-electron chi connectivity index (χ3n) is 6.83. The number of nitrogens with one attached hydrogen (secondary N) is 3. The Kier molecular flexibility index (Phi) is 6.34. The summed E-state index contributed by atoms with van der Waals surface area (Å²) >= 11 is 7.12. The van der Waals surface area contributed by atoms with Crippen molar-refractivity contribution in [2.45, 2.75) is 57.9 Å². The van der Waals surface area contributed by atoms with Crippen molar-refractivity contribution < 1.29 is 9.59 Å². The Labute approximate surface area is 208 Å². The Morgan fingerprint density at radius 3 is 2.68 bits per heavy atom. The van der Waals surface area contributed by atoms with Gasteiger partial charge in [0.25, 0.3) is 5.91 Å². The highest BCUT2D eigenvalue weighted by molar-refractivity contribution is 7.80. The third kappa shape index (κ3) is 4.69. The second-order valence-corrected chi connectivity index (χ2v) is 11.1. The molecule has 2 amide bonds. The zero-order valence-electron chi connectivity index (χ0n) is 19.5. The van der Waals surface area contributed by atoms with Crippen molar-refractivity contribution >= 4 is 51.3 Å². The number of nitrogens with zero attached hydrogens (tertiary/aromatic N) is 3. The molecule has 182 valence electrons. The molecule has 0 spiro atoms. The molecule has 2 heterocycles. The number of rotatable bonds is 7. The Morgan fingerprint density at radius 1 is 1.29 bits per heavy atom. The molecule has 2 aromatic heterocycles. The molecule has 0 bridgehead atoms. The number of nitrogens with two attached hydrogens (primary N) is 1. The summed E-state index contributed by atoms with van der Waals surface area (Å²) in [6, 6.07) is 1.99. The average Bonchev–Trinajstić information content (AvgIpc) is 3.73. The number of hydrogen-bond donors (Lipinski definition) is 4. The molecule has 34 heavy (non-hydrogen) atoms. The predicted molar refractivity (Wildman–Crippen MR) is 137 cm³/mol. The normalized spacial score (nSPS) is 19.3. The lowest BCUT2D eigenvalue weighted by Gasteiger charge is -2.35. The lowest BCUT2D eigenvalue weighted by atomic mass is 9.90. The van der Waals surface area contributed by atoms with Crippen LogP contribution in [0.25, 0.3) is 0 Å². The number of thiophene rings is 1. The van der Waals surface area contributed by atoms with Crippen LogP contribution in [0.2, 0.25) is 0 Å². The summed E-state index contributed by atoms with van der Waals surface area (Å²) in [6.07, 6.45) is 6.45. The molecule has 0 aliphatic heterocycles. The number of thiocarbonyl (C=S) groups is 1. The largest absolute Gasteiger partial charge is 0.352 e. The Hall–Kier alpha value is -2.50. The molecule has 0 unspecified atom stereocenters. The van der Waals surface area contributed by atoms with E-state index in [9.17, 15) is 9.59 Å². The summed E-state index contributed by atoms with van der Waals surface area (Å²) in [5, 5.41) is 11.7. The van der Waals surface area contributed by atoms with E-state index in [1.807, 2.05) is 24.9 Å². The van der Waals surface area contributed by atoms with Gasteiger partial charge in [0.2, 0.25) is 5.91 Å². The number of fused-ring (bicyclic) bond motifs is 1. The van der Waals surface area contributed by atoms with Gasteiger partial charge in [-0.05, 0) is 75.6 Å². The molecule has 5 rings (SSSR count). The number of carbonyl (C=O) groups is 2. The minimum absolute atomic E-state index is 0.00224. The first kappa shape index (κ1) is 23.3. The van der Waals surface area contributed by atoms with Crippen LogP contribution in [0, 0.1) is 18.8 Å². The van der Waals surface area contributed by atoms with Gasteiger partial charge in [-0.25, -0.2) is 5.84 Å². The molecular formula is C23H31N7O2S2. The smallest absolute Gasteiger partial charge is 0.254 e. The van der Waals surface area contributed by atoms with Crippen molar-refractivity contribution in [3.8, 4) is 0 Å². The van der Waals surface area contributed by atoms with E-state index in [-0.39, 0.29) is 23.8 Å². The van der Waals surface area contributed by atoms with Crippen molar-refractivity contribution in [2.75, 3.05) is 16.8 Å². The van der Waals surface area contributed by atoms with Gasteiger partial charge in [0, 0.05) is 36.5 Å². The molecule has 9 nitrogen and oxygen atoms in total. The molecule has 2 fully saturated rings. The SMILES string of the molecule is Cc1cc(N(C(=S)NN)[C@H]2CCc3sc(NC(=O)C4CC4)c(C(=O)NCC4CC4)c3C2)n(C)n1. The van der Waals surface area contributed by atoms with Gasteiger partial charge in [0.1, 0.15) is 10.8 Å². The zero-order chi connectivity index (χ0) is 24.0. The summed E-state index contributed by atoms with van der Waals surface area (Å²) in [5.74, 6) is 7.17. The monoisotopic (exact) mass is 501 g/mol. The standard InChI is InChI=1S/C23H31N7O2S2/c1-12-9-18(29(2)28-12)30(23(33)27-24)15-7-8-17-16(10-15)19(21(32)25-11-13-3-4-13)22(34-17)26-20(31)14-5-6-14/h9,13-15H,3-8,10-11,24H2,1-2H3,(H,25,32)(H,26,31)(H,27,33)/t15-/m0/s1. The number of anilines is 2. The summed E-state index contributed by atoms with van der Waals surface area (Å²) in [7, 11) is 1.88. The highest BCUT2D eigenvalue weighted by Crippen LogP contribution is 2.41. The minimum Gasteiger partial charge on any atom is -0.352 e. The van der Waals surface area contributed by atoms with Gasteiger partial charge in [-0.1, -0.05) is 0 Å². The van der Waals surface area contributed by atoms with E-state index in [4.69, 9.17) is 18.1 Å². The van der Waals surface area contributed by atoms with E-state index >= 15 is 0 Å². The van der Waals surface area contributed by atoms with E-state index in [0.717, 1.165) is 60.5 Å². The molecule has 2 saturated carbocycles. The molecule has 3 aliphatic rings. The highest BCUT2D eigenvalue weighted by Gasteiger charge is 2.36. The average molecular weight is 502 g/mol. The Balaban J connectivity index is 1.47. The summed E-state index contributed by atoms with van der Waals surface area (Å²) in [4.78, 5) is 29.1. The van der Waals surface area contributed by atoms with Crippen molar-refractivity contribution in [1.29, 1.82) is 0 Å². The lowest BCUT2D eigenvalue weighted by Crippen LogP contribution is -2.51. The van der Waals surface area contributed by atoms with Gasteiger partial charge in [-0.3, -0.25) is 19.2 Å². The summed E-state index contributed by atoms with van der Waals surface area (Å²) in [5.41, 5.74) is 5.14. The van der Waals surface area contributed by atoms with Crippen LogP contribution in [0.4, 0.5) is 10.8 Å². The molecule has 0 saturated heterocycles. The van der Waals surface area contributed by atoms with E-state index in [1.165, 1.54) is 0 Å². The second-order valence-electron chi connectivity index (χ2n) is 9.61. The number of amides is 2. The molecule has 2 aromatic rings. The van der Waals surface area contributed by atoms with E-state index < -0.39 is 0 Å². The summed E-state index contributed by atoms with van der Waals surface area (Å²) < 4.78 is 1.80. The maximum atomic E-state index is 13.4. The summed E-state index contributed by atoms with van der Waals surface area (Å²) in [6.45, 7) is 2.63. The van der Waals surface area contributed by atoms with E-state index in [0.29, 0.717) is 34.6 Å². The van der Waals surface area contributed by atoms with Crippen LogP contribution in [0.3, 0.4) is 0 Å². The molecule has 11 heteroatoms.